The van der Waals surface area contributed by atoms with E-state index in [2.05, 4.69) is 19.8 Å². The van der Waals surface area contributed by atoms with Gasteiger partial charge in [-0.1, -0.05) is 6.92 Å². The van der Waals surface area contributed by atoms with Crippen molar-refractivity contribution in [2.75, 3.05) is 14.2 Å². The number of methoxy groups -OCH3 is 2. The summed E-state index contributed by atoms with van der Waals surface area (Å²) in [5.41, 5.74) is 5.51. The van der Waals surface area contributed by atoms with Gasteiger partial charge in [-0.05, 0) is 12.1 Å². The SMILES string of the molecule is COC(=O)C(C(=O)OC)[C@H](C)[C@@H](NC(=O)c1cccnc1)C(N)=O. The Morgan fingerprint density at radius 1 is 1.17 bits per heavy atom. The van der Waals surface area contributed by atoms with Gasteiger partial charge in [-0.15, -0.1) is 0 Å². The smallest absolute Gasteiger partial charge is 0.320 e. The second kappa shape index (κ2) is 8.61. The number of carbonyl (C=O) groups is 4. The molecule has 2 amide bonds. The summed E-state index contributed by atoms with van der Waals surface area (Å²) < 4.78 is 9.12. The maximum absolute atomic E-state index is 12.2. The fraction of sp³-hybridized carbons (Fsp3) is 0.400. The fourth-order valence-corrected chi connectivity index (χ4v) is 2.16. The van der Waals surface area contributed by atoms with Crippen LogP contribution in [0.2, 0.25) is 0 Å². The van der Waals surface area contributed by atoms with Crippen molar-refractivity contribution >= 4 is 23.8 Å². The maximum atomic E-state index is 12.2. The van der Waals surface area contributed by atoms with Crippen molar-refractivity contribution in [1.82, 2.24) is 10.3 Å². The summed E-state index contributed by atoms with van der Waals surface area (Å²) in [5, 5.41) is 2.40. The highest BCUT2D eigenvalue weighted by molar-refractivity contribution is 5.99. The number of hydrogen-bond acceptors (Lipinski definition) is 7. The second-order valence-electron chi connectivity index (χ2n) is 4.98. The third-order valence-electron chi connectivity index (χ3n) is 3.48. The zero-order valence-corrected chi connectivity index (χ0v) is 13.5. The molecular weight excluding hydrogens is 318 g/mol. The zero-order chi connectivity index (χ0) is 18.3. The number of nitrogens with one attached hydrogen (secondary N) is 1. The Labute approximate surface area is 138 Å². The van der Waals surface area contributed by atoms with Crippen LogP contribution in [0.4, 0.5) is 0 Å². The monoisotopic (exact) mass is 337 g/mol. The molecule has 1 aromatic rings. The van der Waals surface area contributed by atoms with Crippen LogP contribution in [0.15, 0.2) is 24.5 Å². The Balaban J connectivity index is 3.04. The lowest BCUT2D eigenvalue weighted by Gasteiger charge is -2.26. The van der Waals surface area contributed by atoms with Crippen molar-refractivity contribution in [3.05, 3.63) is 30.1 Å². The highest BCUT2D eigenvalue weighted by Gasteiger charge is 2.41. The molecule has 0 aliphatic rings. The first kappa shape index (κ1) is 19.1. The molecular formula is C15H19N3O6. The van der Waals surface area contributed by atoms with E-state index in [1.807, 2.05) is 0 Å². The number of hydrogen-bond donors (Lipinski definition) is 2. The predicted octanol–water partition coefficient (Wildman–Crippen LogP) is -0.736. The van der Waals surface area contributed by atoms with Crippen LogP contribution in [0.25, 0.3) is 0 Å². The molecule has 24 heavy (non-hydrogen) atoms. The minimum atomic E-state index is -1.41. The van der Waals surface area contributed by atoms with Crippen molar-refractivity contribution in [3.8, 4) is 0 Å². The molecule has 0 aliphatic carbocycles. The van der Waals surface area contributed by atoms with Crippen molar-refractivity contribution in [3.63, 3.8) is 0 Å². The van der Waals surface area contributed by atoms with Gasteiger partial charge in [-0.2, -0.15) is 0 Å². The van der Waals surface area contributed by atoms with Crippen LogP contribution in [-0.4, -0.2) is 49.0 Å². The van der Waals surface area contributed by atoms with Crippen molar-refractivity contribution < 1.29 is 28.7 Å². The van der Waals surface area contributed by atoms with Crippen molar-refractivity contribution in [2.24, 2.45) is 17.6 Å². The van der Waals surface area contributed by atoms with E-state index in [9.17, 15) is 19.2 Å². The second-order valence-corrected chi connectivity index (χ2v) is 4.98. The zero-order valence-electron chi connectivity index (χ0n) is 13.5. The highest BCUT2D eigenvalue weighted by atomic mass is 16.5. The molecule has 9 nitrogen and oxygen atoms in total. The molecule has 0 radical (unpaired) electrons. The van der Waals surface area contributed by atoms with Gasteiger partial charge in [0.05, 0.1) is 19.8 Å². The van der Waals surface area contributed by atoms with E-state index in [0.717, 1.165) is 14.2 Å². The molecule has 2 atom stereocenters. The third kappa shape index (κ3) is 4.51. The molecule has 0 spiro atoms. The molecule has 1 heterocycles. The molecule has 0 saturated carbocycles. The molecule has 0 aromatic carbocycles. The van der Waals surface area contributed by atoms with Gasteiger partial charge in [-0.25, -0.2) is 0 Å². The van der Waals surface area contributed by atoms with Gasteiger partial charge in [0.1, 0.15) is 6.04 Å². The quantitative estimate of drug-likeness (QED) is 0.494. The Kier molecular flexibility index (Phi) is 6.84. The van der Waals surface area contributed by atoms with Crippen LogP contribution < -0.4 is 11.1 Å². The minimum absolute atomic E-state index is 0.198. The van der Waals surface area contributed by atoms with Gasteiger partial charge in [0.2, 0.25) is 5.91 Å². The van der Waals surface area contributed by atoms with Gasteiger partial charge in [0.15, 0.2) is 5.92 Å². The highest BCUT2D eigenvalue weighted by Crippen LogP contribution is 2.20. The number of ether oxygens (including phenoxy) is 2. The van der Waals surface area contributed by atoms with Crippen LogP contribution in [0.5, 0.6) is 0 Å². The topological polar surface area (TPSA) is 138 Å². The lowest BCUT2D eigenvalue weighted by atomic mass is 9.86. The molecule has 0 bridgehead atoms. The Morgan fingerprint density at radius 2 is 1.75 bits per heavy atom. The van der Waals surface area contributed by atoms with Crippen LogP contribution in [-0.2, 0) is 23.9 Å². The molecule has 1 rings (SSSR count). The number of primary amides is 1. The van der Waals surface area contributed by atoms with E-state index in [4.69, 9.17) is 5.73 Å². The van der Waals surface area contributed by atoms with E-state index in [1.54, 1.807) is 6.07 Å². The van der Waals surface area contributed by atoms with Gasteiger partial charge in [-0.3, -0.25) is 24.2 Å². The number of nitrogens with two attached hydrogens (primary N) is 1. The van der Waals surface area contributed by atoms with Crippen LogP contribution in [0.1, 0.15) is 17.3 Å². The Bertz CT molecular complexity index is 603. The summed E-state index contributed by atoms with van der Waals surface area (Å²) in [4.78, 5) is 51.4. The summed E-state index contributed by atoms with van der Waals surface area (Å²) in [7, 11) is 2.19. The van der Waals surface area contributed by atoms with Gasteiger partial charge < -0.3 is 20.5 Å². The Hall–Kier alpha value is -2.97. The third-order valence-corrected chi connectivity index (χ3v) is 3.48. The number of aromatic nitrogens is 1. The van der Waals surface area contributed by atoms with E-state index >= 15 is 0 Å². The summed E-state index contributed by atoms with van der Waals surface area (Å²) in [6.45, 7) is 1.41. The largest absolute Gasteiger partial charge is 0.468 e. The average Bonchev–Trinajstić information content (AvgIpc) is 2.59. The molecule has 0 unspecified atom stereocenters. The van der Waals surface area contributed by atoms with E-state index < -0.39 is 41.6 Å². The van der Waals surface area contributed by atoms with Crippen LogP contribution >= 0.6 is 0 Å². The first-order chi connectivity index (χ1) is 11.3. The average molecular weight is 337 g/mol. The number of esters is 2. The molecule has 0 saturated heterocycles. The van der Waals surface area contributed by atoms with Crippen LogP contribution in [0, 0.1) is 11.8 Å². The molecule has 0 aliphatic heterocycles. The number of rotatable bonds is 7. The van der Waals surface area contributed by atoms with Crippen molar-refractivity contribution in [1.29, 1.82) is 0 Å². The fourth-order valence-electron chi connectivity index (χ4n) is 2.16. The minimum Gasteiger partial charge on any atom is -0.468 e. The maximum Gasteiger partial charge on any atom is 0.320 e. The van der Waals surface area contributed by atoms with Gasteiger partial charge >= 0.3 is 11.9 Å². The lowest BCUT2D eigenvalue weighted by molar-refractivity contribution is -0.161. The van der Waals surface area contributed by atoms with Gasteiger partial charge in [0.25, 0.3) is 5.91 Å². The van der Waals surface area contributed by atoms with E-state index in [-0.39, 0.29) is 5.56 Å². The molecule has 0 fully saturated rings. The first-order valence-corrected chi connectivity index (χ1v) is 6.99. The van der Waals surface area contributed by atoms with Gasteiger partial charge in [0, 0.05) is 18.3 Å². The lowest BCUT2D eigenvalue weighted by Crippen LogP contribution is -2.52. The summed E-state index contributed by atoms with van der Waals surface area (Å²) >= 11 is 0. The standard InChI is InChI=1S/C15H19N3O6/c1-8(10(14(21)23-2)15(22)24-3)11(12(16)19)18-13(20)9-5-4-6-17-7-9/h4-8,10-11H,1-3H3,(H2,16,19)(H,18,20)/t8-,11+/m0/s1. The van der Waals surface area contributed by atoms with Crippen LogP contribution in [0.3, 0.4) is 0 Å². The van der Waals surface area contributed by atoms with E-state index in [1.165, 1.54) is 25.4 Å². The van der Waals surface area contributed by atoms with E-state index in [0.29, 0.717) is 0 Å². The first-order valence-electron chi connectivity index (χ1n) is 6.99. The summed E-state index contributed by atoms with van der Waals surface area (Å²) in [6.07, 6.45) is 2.78. The number of amides is 2. The number of nitrogens with zero attached hydrogens (tertiary/aromatic N) is 1. The summed E-state index contributed by atoms with van der Waals surface area (Å²) in [6, 6.07) is 1.74. The molecule has 130 valence electrons. The normalized spacial score (nSPS) is 12.8. The Morgan fingerprint density at radius 3 is 2.17 bits per heavy atom. The van der Waals surface area contributed by atoms with Crippen molar-refractivity contribution in [2.45, 2.75) is 13.0 Å². The predicted molar refractivity (Wildman–Crippen MR) is 81.4 cm³/mol. The number of pyridine rings is 1. The number of carbonyl (C=O) groups excluding carboxylic acids is 4. The summed E-state index contributed by atoms with van der Waals surface area (Å²) in [5.74, 6) is -5.70. The molecule has 1 aromatic heterocycles. The molecule has 9 heteroatoms. The molecule has 3 N–H and O–H groups in total.